The lowest BCUT2D eigenvalue weighted by Gasteiger charge is -2.42. The Kier molecular flexibility index (Phi) is 5.00. The highest BCUT2D eigenvalue weighted by Crippen LogP contribution is 2.55. The lowest BCUT2D eigenvalue weighted by molar-refractivity contribution is -0.123. The van der Waals surface area contributed by atoms with E-state index in [4.69, 9.17) is 0 Å². The number of imide groups is 1. The van der Waals surface area contributed by atoms with E-state index < -0.39 is 17.8 Å². The molecule has 0 bridgehead atoms. The number of aromatic hydroxyl groups is 1. The lowest BCUT2D eigenvalue weighted by atomic mass is 9.59. The summed E-state index contributed by atoms with van der Waals surface area (Å²) in [5.41, 5.74) is 3.00. The van der Waals surface area contributed by atoms with E-state index >= 15 is 0 Å². The standard InChI is InChI=1S/C28H20BrNO5/c29-21-13-22(32)25-20(26(21)33)12-19-17(23(25)14-6-8-16(31)9-7-14)10-11-18-24(19)28(35)30(27(18)34)15-4-2-1-3-5-15/h1-10,13,18-19,23-24,31H,11-12H2. The van der Waals surface area contributed by atoms with Gasteiger partial charge in [0.15, 0.2) is 11.6 Å². The van der Waals surface area contributed by atoms with Crippen molar-refractivity contribution in [1.29, 1.82) is 0 Å². The number of anilines is 1. The van der Waals surface area contributed by atoms with Crippen LogP contribution in [-0.4, -0.2) is 28.5 Å². The molecule has 4 unspecified atom stereocenters. The van der Waals surface area contributed by atoms with Crippen LogP contribution in [0.5, 0.6) is 5.75 Å². The van der Waals surface area contributed by atoms with Crippen molar-refractivity contribution in [2.75, 3.05) is 4.90 Å². The van der Waals surface area contributed by atoms with Crippen molar-refractivity contribution in [1.82, 2.24) is 0 Å². The molecule has 2 aromatic carbocycles. The van der Waals surface area contributed by atoms with Gasteiger partial charge < -0.3 is 5.11 Å². The predicted molar refractivity (Wildman–Crippen MR) is 132 cm³/mol. The van der Waals surface area contributed by atoms with Gasteiger partial charge in [-0.1, -0.05) is 42.0 Å². The summed E-state index contributed by atoms with van der Waals surface area (Å²) < 4.78 is 0.199. The van der Waals surface area contributed by atoms with Gasteiger partial charge in [-0.25, -0.2) is 0 Å². The molecule has 1 N–H and O–H groups in total. The summed E-state index contributed by atoms with van der Waals surface area (Å²) >= 11 is 3.23. The number of nitrogens with zero attached hydrogens (tertiary/aromatic N) is 1. The Morgan fingerprint density at radius 3 is 2.31 bits per heavy atom. The lowest BCUT2D eigenvalue weighted by Crippen LogP contribution is -2.39. The Morgan fingerprint density at radius 1 is 0.886 bits per heavy atom. The number of rotatable bonds is 2. The molecule has 2 aromatic rings. The molecule has 1 aliphatic heterocycles. The van der Waals surface area contributed by atoms with Crippen LogP contribution in [0.4, 0.5) is 5.69 Å². The van der Waals surface area contributed by atoms with Crippen molar-refractivity contribution in [2.45, 2.75) is 18.8 Å². The zero-order chi connectivity index (χ0) is 24.4. The van der Waals surface area contributed by atoms with E-state index in [0.717, 1.165) is 11.1 Å². The SMILES string of the molecule is O=C1C=C(Br)C(=O)C2=C1C(c1ccc(O)cc1)C1=CCC3C(=O)N(c4ccccc4)C(=O)C3C1C2. The first-order valence-electron chi connectivity index (χ1n) is 11.5. The van der Waals surface area contributed by atoms with Gasteiger partial charge in [0.05, 0.1) is 22.0 Å². The maximum absolute atomic E-state index is 13.7. The number of Topliss-reactive ketones (excluding diaryl/α,β-unsaturated/α-hetero) is 1. The zero-order valence-corrected chi connectivity index (χ0v) is 20.1. The number of amides is 2. The van der Waals surface area contributed by atoms with Gasteiger partial charge in [0.2, 0.25) is 11.8 Å². The quantitative estimate of drug-likeness (QED) is 0.354. The molecule has 0 radical (unpaired) electrons. The smallest absolute Gasteiger partial charge is 0.238 e. The Labute approximate surface area is 209 Å². The highest BCUT2D eigenvalue weighted by atomic mass is 79.9. The van der Waals surface area contributed by atoms with Crippen LogP contribution < -0.4 is 4.90 Å². The third kappa shape index (κ3) is 3.22. The molecule has 4 atom stereocenters. The van der Waals surface area contributed by atoms with Crippen LogP contribution >= 0.6 is 15.9 Å². The van der Waals surface area contributed by atoms with E-state index in [0.29, 0.717) is 23.3 Å². The third-order valence-electron chi connectivity index (χ3n) is 7.57. The molecular formula is C28H20BrNO5. The second-order valence-electron chi connectivity index (χ2n) is 9.33. The van der Waals surface area contributed by atoms with Crippen LogP contribution in [0.2, 0.25) is 0 Å². The molecule has 4 aliphatic rings. The van der Waals surface area contributed by atoms with Crippen LogP contribution in [-0.2, 0) is 19.2 Å². The van der Waals surface area contributed by atoms with E-state index in [1.807, 2.05) is 12.1 Å². The van der Waals surface area contributed by atoms with Crippen molar-refractivity contribution in [3.8, 4) is 5.75 Å². The molecule has 6 rings (SSSR count). The minimum Gasteiger partial charge on any atom is -0.508 e. The number of ketones is 2. The monoisotopic (exact) mass is 529 g/mol. The fourth-order valence-corrected chi connectivity index (χ4v) is 6.53. The molecule has 0 saturated carbocycles. The minimum atomic E-state index is -0.607. The Balaban J connectivity index is 1.49. The molecule has 2 amide bonds. The Morgan fingerprint density at radius 2 is 1.60 bits per heavy atom. The number of para-hydroxylation sites is 1. The van der Waals surface area contributed by atoms with Crippen molar-refractivity contribution in [3.63, 3.8) is 0 Å². The molecular weight excluding hydrogens is 510 g/mol. The van der Waals surface area contributed by atoms with Crippen LogP contribution in [0, 0.1) is 17.8 Å². The zero-order valence-electron chi connectivity index (χ0n) is 18.5. The van der Waals surface area contributed by atoms with Crippen LogP contribution in [0.25, 0.3) is 0 Å². The molecule has 174 valence electrons. The van der Waals surface area contributed by atoms with Gasteiger partial charge in [0.1, 0.15) is 5.75 Å². The summed E-state index contributed by atoms with van der Waals surface area (Å²) in [6.45, 7) is 0. The van der Waals surface area contributed by atoms with Gasteiger partial charge in [-0.2, -0.15) is 0 Å². The number of benzene rings is 2. The largest absolute Gasteiger partial charge is 0.508 e. The number of phenolic OH excluding ortho intramolecular Hbond substituents is 1. The summed E-state index contributed by atoms with van der Waals surface area (Å²) in [7, 11) is 0. The van der Waals surface area contributed by atoms with Crippen molar-refractivity contribution in [3.05, 3.63) is 93.5 Å². The molecule has 35 heavy (non-hydrogen) atoms. The van der Waals surface area contributed by atoms with Gasteiger partial charge in [0.25, 0.3) is 0 Å². The average Bonchev–Trinajstić information content (AvgIpc) is 3.12. The first kappa shape index (κ1) is 21.9. The molecule has 0 spiro atoms. The molecule has 7 heteroatoms. The first-order valence-corrected chi connectivity index (χ1v) is 12.3. The highest BCUT2D eigenvalue weighted by molar-refractivity contribution is 9.12. The summed E-state index contributed by atoms with van der Waals surface area (Å²) in [5, 5.41) is 9.82. The number of carbonyl (C=O) groups excluding carboxylic acids is 4. The van der Waals surface area contributed by atoms with Gasteiger partial charge in [-0.15, -0.1) is 0 Å². The van der Waals surface area contributed by atoms with E-state index in [2.05, 4.69) is 15.9 Å². The maximum atomic E-state index is 13.7. The number of hydrogen-bond donors (Lipinski definition) is 1. The fourth-order valence-electron chi connectivity index (χ4n) is 6.08. The minimum absolute atomic E-state index is 0.0942. The van der Waals surface area contributed by atoms with E-state index in [-0.39, 0.29) is 46.0 Å². The van der Waals surface area contributed by atoms with Crippen molar-refractivity contribution < 1.29 is 24.3 Å². The van der Waals surface area contributed by atoms with Crippen molar-refractivity contribution in [2.24, 2.45) is 17.8 Å². The first-order chi connectivity index (χ1) is 16.9. The normalized spacial score (nSPS) is 27.9. The second-order valence-corrected chi connectivity index (χ2v) is 10.2. The summed E-state index contributed by atoms with van der Waals surface area (Å²) in [6, 6.07) is 15.5. The topological polar surface area (TPSA) is 91.8 Å². The van der Waals surface area contributed by atoms with Gasteiger partial charge in [0, 0.05) is 23.1 Å². The fraction of sp³-hybridized carbons (Fsp3) is 0.214. The number of hydrogen-bond acceptors (Lipinski definition) is 5. The van der Waals surface area contributed by atoms with Gasteiger partial charge in [-0.3, -0.25) is 24.1 Å². The van der Waals surface area contributed by atoms with E-state index in [1.165, 1.54) is 11.0 Å². The molecule has 1 fully saturated rings. The molecule has 1 saturated heterocycles. The summed E-state index contributed by atoms with van der Waals surface area (Å²) in [4.78, 5) is 54.7. The Bertz CT molecular complexity index is 1400. The Hall–Kier alpha value is -3.58. The number of halogens is 1. The van der Waals surface area contributed by atoms with Crippen molar-refractivity contribution >= 4 is 45.0 Å². The maximum Gasteiger partial charge on any atom is 0.238 e. The van der Waals surface area contributed by atoms with Gasteiger partial charge in [-0.05, 0) is 64.5 Å². The molecule has 1 heterocycles. The number of fused-ring (bicyclic) bond motifs is 3. The van der Waals surface area contributed by atoms with Gasteiger partial charge >= 0.3 is 0 Å². The van der Waals surface area contributed by atoms with Crippen LogP contribution in [0.1, 0.15) is 24.3 Å². The molecule has 0 aromatic heterocycles. The molecule has 3 aliphatic carbocycles. The number of carbonyl (C=O) groups is 4. The average molecular weight is 530 g/mol. The summed E-state index contributed by atoms with van der Waals surface area (Å²) in [6.07, 6.45) is 3.91. The van der Waals surface area contributed by atoms with Crippen LogP contribution in [0.15, 0.2) is 88.0 Å². The predicted octanol–water partition coefficient (Wildman–Crippen LogP) is 4.36. The second kappa shape index (κ2) is 7.99. The summed E-state index contributed by atoms with van der Waals surface area (Å²) in [5.74, 6) is -2.92. The third-order valence-corrected chi connectivity index (χ3v) is 8.16. The molecule has 6 nitrogen and oxygen atoms in total. The number of phenols is 1. The van der Waals surface area contributed by atoms with E-state index in [1.54, 1.807) is 48.5 Å². The van der Waals surface area contributed by atoms with E-state index in [9.17, 15) is 24.3 Å². The van der Waals surface area contributed by atoms with Crippen LogP contribution in [0.3, 0.4) is 0 Å². The number of allylic oxidation sites excluding steroid dienone is 6. The highest BCUT2D eigenvalue weighted by Gasteiger charge is 2.56.